The molecule has 180 valence electrons. The molecule has 6 atom stereocenters. The van der Waals surface area contributed by atoms with Crippen molar-refractivity contribution in [3.8, 4) is 0 Å². The topological polar surface area (TPSA) is 291 Å². The average molecular weight is 522 g/mol. The van der Waals surface area contributed by atoms with E-state index in [-0.39, 0.29) is 22.9 Å². The fourth-order valence-electron chi connectivity index (χ4n) is 2.67. The number of aliphatic hydroxyl groups is 2. The van der Waals surface area contributed by atoms with Gasteiger partial charge < -0.3 is 45.6 Å². The molecule has 0 aliphatic carbocycles. The van der Waals surface area contributed by atoms with E-state index >= 15 is 0 Å². The molecule has 0 amide bonds. The summed E-state index contributed by atoms with van der Waals surface area (Å²) >= 11 is 0. The minimum Gasteiger partial charge on any atom is -0.385 e. The number of phosphoric acid groups is 3. The van der Waals surface area contributed by atoms with Gasteiger partial charge in [-0.25, -0.2) is 18.7 Å². The summed E-state index contributed by atoms with van der Waals surface area (Å²) in [6.07, 6.45) is -6.32. The summed E-state index contributed by atoms with van der Waals surface area (Å²) in [5, 5.41) is 23.1. The van der Waals surface area contributed by atoms with Crippen LogP contribution in [0.1, 0.15) is 6.23 Å². The van der Waals surface area contributed by atoms with Crippen LogP contribution in [0.3, 0.4) is 0 Å². The zero-order chi connectivity index (χ0) is 24.1. The van der Waals surface area contributed by atoms with Gasteiger partial charge in [-0.3, -0.25) is 9.09 Å². The molecule has 0 spiro atoms. The maximum absolute atomic E-state index is 12.0. The Labute approximate surface area is 177 Å². The second kappa shape index (κ2) is 8.66. The molecule has 2 aromatic heterocycles. The molecule has 6 unspecified atom stereocenters. The number of phosphoric ester groups is 1. The number of imidazole rings is 1. The maximum Gasteiger partial charge on any atom is 0.490 e. The van der Waals surface area contributed by atoms with Crippen LogP contribution in [0.25, 0.3) is 11.2 Å². The SMILES string of the molecule is CNc1nc(N)nc2c1ncn2C1OC(OP(=O)(O)OP(=O)(O)OP(=O)(O)O)C(O)C1O. The van der Waals surface area contributed by atoms with Gasteiger partial charge in [-0.1, -0.05) is 0 Å². The molecule has 1 aliphatic heterocycles. The number of nitrogens with zero attached hydrogens (tertiary/aromatic N) is 4. The lowest BCUT2D eigenvalue weighted by Gasteiger charge is -2.20. The first-order valence-corrected chi connectivity index (χ1v) is 12.7. The summed E-state index contributed by atoms with van der Waals surface area (Å²) in [6.45, 7) is 0. The zero-order valence-electron chi connectivity index (χ0n) is 15.6. The number of nitrogens with one attached hydrogen (secondary N) is 1. The third kappa shape index (κ3) is 5.49. The van der Waals surface area contributed by atoms with E-state index in [9.17, 15) is 33.7 Å². The lowest BCUT2D eigenvalue weighted by molar-refractivity contribution is -0.133. The van der Waals surface area contributed by atoms with Gasteiger partial charge in [0.25, 0.3) is 0 Å². The number of rotatable bonds is 8. The number of anilines is 2. The van der Waals surface area contributed by atoms with E-state index in [2.05, 4.69) is 33.4 Å². The van der Waals surface area contributed by atoms with Crippen LogP contribution in [0, 0.1) is 0 Å². The molecule has 1 fully saturated rings. The molecular weight excluding hydrogens is 505 g/mol. The van der Waals surface area contributed by atoms with Crippen LogP contribution in [0.2, 0.25) is 0 Å². The second-order valence-corrected chi connectivity index (χ2v) is 10.4. The van der Waals surface area contributed by atoms with Crippen LogP contribution in [-0.4, -0.2) is 74.9 Å². The van der Waals surface area contributed by atoms with E-state index in [0.29, 0.717) is 0 Å². The number of hydrogen-bond donors (Lipinski definition) is 8. The lowest BCUT2D eigenvalue weighted by Crippen LogP contribution is -2.32. The van der Waals surface area contributed by atoms with E-state index < -0.39 is 48.2 Å². The third-order valence-corrected chi connectivity index (χ3v) is 7.60. The normalized spacial score (nSPS) is 27.8. The Balaban J connectivity index is 1.82. The summed E-state index contributed by atoms with van der Waals surface area (Å²) < 4.78 is 51.9. The number of ether oxygens (including phenoxy) is 1. The molecule has 3 rings (SSSR count). The van der Waals surface area contributed by atoms with Crippen molar-refractivity contribution in [3.63, 3.8) is 0 Å². The van der Waals surface area contributed by atoms with Gasteiger partial charge in [-0.2, -0.15) is 18.6 Å². The minimum absolute atomic E-state index is 0.0390. The Bertz CT molecular complexity index is 1150. The molecule has 0 saturated carbocycles. The van der Waals surface area contributed by atoms with Gasteiger partial charge in [-0.05, 0) is 0 Å². The van der Waals surface area contributed by atoms with Crippen molar-refractivity contribution in [2.45, 2.75) is 24.7 Å². The van der Waals surface area contributed by atoms with Crippen molar-refractivity contribution in [1.82, 2.24) is 19.5 Å². The van der Waals surface area contributed by atoms with E-state index in [0.717, 1.165) is 10.9 Å². The smallest absolute Gasteiger partial charge is 0.385 e. The Morgan fingerprint density at radius 3 is 2.34 bits per heavy atom. The first-order chi connectivity index (χ1) is 14.6. The summed E-state index contributed by atoms with van der Waals surface area (Å²) in [5.74, 6) is 0.0468. The number of fused-ring (bicyclic) bond motifs is 1. The second-order valence-electron chi connectivity index (χ2n) is 6.08. The zero-order valence-corrected chi connectivity index (χ0v) is 18.3. The Morgan fingerprint density at radius 1 is 1.09 bits per heavy atom. The van der Waals surface area contributed by atoms with Crippen LogP contribution in [0.5, 0.6) is 0 Å². The van der Waals surface area contributed by atoms with E-state index in [1.54, 1.807) is 0 Å². The summed E-state index contributed by atoms with van der Waals surface area (Å²) in [6, 6.07) is 0. The average Bonchev–Trinajstić information content (AvgIpc) is 3.13. The van der Waals surface area contributed by atoms with E-state index in [1.807, 2.05) is 0 Å². The molecule has 19 nitrogen and oxygen atoms in total. The molecule has 0 aromatic carbocycles. The van der Waals surface area contributed by atoms with Gasteiger partial charge in [0.1, 0.15) is 12.2 Å². The van der Waals surface area contributed by atoms with E-state index in [1.165, 1.54) is 7.05 Å². The standard InChI is InChI=1S/C10H17N6O13P3/c1-12-6-3-7(15-10(11)14-6)16(2-13-3)8-4(17)5(18)9(26-8)27-31(22,23)29-32(24,25)28-30(19,20)21/h2,4-5,8-9,17-18H,1H3,(H,22,23)(H,24,25)(H2,19,20,21)(H3,11,12,14,15). The van der Waals surface area contributed by atoms with Gasteiger partial charge in [0.2, 0.25) is 5.95 Å². The van der Waals surface area contributed by atoms with Crippen molar-refractivity contribution in [1.29, 1.82) is 0 Å². The molecule has 2 aromatic rings. The fraction of sp³-hybridized carbons (Fsp3) is 0.500. The molecular formula is C10H17N6O13P3. The first-order valence-electron chi connectivity index (χ1n) is 8.14. The molecule has 3 heterocycles. The van der Waals surface area contributed by atoms with Crippen LogP contribution in [0.4, 0.5) is 11.8 Å². The molecule has 1 saturated heterocycles. The van der Waals surface area contributed by atoms with Crippen LogP contribution in [0.15, 0.2) is 6.33 Å². The molecule has 32 heavy (non-hydrogen) atoms. The maximum atomic E-state index is 12.0. The van der Waals surface area contributed by atoms with Gasteiger partial charge in [0, 0.05) is 7.05 Å². The quantitative estimate of drug-likeness (QED) is 0.180. The van der Waals surface area contributed by atoms with Gasteiger partial charge in [0.05, 0.1) is 6.33 Å². The predicted molar refractivity (Wildman–Crippen MR) is 100 cm³/mol. The third-order valence-electron chi connectivity index (χ3n) is 3.80. The highest BCUT2D eigenvalue weighted by Gasteiger charge is 2.50. The summed E-state index contributed by atoms with van der Waals surface area (Å²) in [5.41, 5.74) is 5.85. The van der Waals surface area contributed by atoms with Crippen molar-refractivity contribution < 1.29 is 61.4 Å². The number of hydrogen-bond acceptors (Lipinski definition) is 14. The number of aromatic nitrogens is 4. The Morgan fingerprint density at radius 2 is 1.75 bits per heavy atom. The fourth-order valence-corrected chi connectivity index (χ4v) is 5.77. The Kier molecular flexibility index (Phi) is 6.78. The Hall–Kier alpha value is -1.56. The molecule has 22 heteroatoms. The van der Waals surface area contributed by atoms with E-state index in [4.69, 9.17) is 20.3 Å². The molecule has 9 N–H and O–H groups in total. The predicted octanol–water partition coefficient (Wildman–Crippen LogP) is -1.63. The van der Waals surface area contributed by atoms with Gasteiger partial charge >= 0.3 is 23.5 Å². The highest BCUT2D eigenvalue weighted by molar-refractivity contribution is 7.66. The van der Waals surface area contributed by atoms with Gasteiger partial charge in [0.15, 0.2) is 29.5 Å². The molecule has 0 bridgehead atoms. The number of nitrogens with two attached hydrogens (primary N) is 1. The molecule has 1 aliphatic rings. The summed E-state index contributed by atoms with van der Waals surface area (Å²) in [7, 11) is -15.5. The van der Waals surface area contributed by atoms with Gasteiger partial charge in [-0.15, -0.1) is 0 Å². The largest absolute Gasteiger partial charge is 0.490 e. The highest BCUT2D eigenvalue weighted by atomic mass is 31.3. The van der Waals surface area contributed by atoms with Crippen LogP contribution >= 0.6 is 23.5 Å². The summed E-state index contributed by atoms with van der Waals surface area (Å²) in [4.78, 5) is 47.8. The van der Waals surface area contributed by atoms with Crippen LogP contribution in [-0.2, 0) is 31.6 Å². The lowest BCUT2D eigenvalue weighted by atomic mass is 10.2. The van der Waals surface area contributed by atoms with Crippen molar-refractivity contribution in [3.05, 3.63) is 6.33 Å². The number of nitrogen functional groups attached to an aromatic ring is 1. The van der Waals surface area contributed by atoms with Crippen LogP contribution < -0.4 is 11.1 Å². The molecule has 0 radical (unpaired) electrons. The number of aliphatic hydroxyl groups excluding tert-OH is 2. The van der Waals surface area contributed by atoms with Crippen molar-refractivity contribution in [2.75, 3.05) is 18.1 Å². The van der Waals surface area contributed by atoms with Crippen molar-refractivity contribution in [2.24, 2.45) is 0 Å². The van der Waals surface area contributed by atoms with Crippen molar-refractivity contribution >= 4 is 46.4 Å². The highest BCUT2D eigenvalue weighted by Crippen LogP contribution is 2.67. The monoisotopic (exact) mass is 522 g/mol. The minimum atomic E-state index is -5.79. The first kappa shape index (κ1) is 25.1.